The molecule has 1 rings (SSSR count). The van der Waals surface area contributed by atoms with Gasteiger partial charge in [0.05, 0.1) is 26.2 Å². The maximum Gasteiger partial charge on any atom is 0.317 e. The average Bonchev–Trinajstić information content (AvgIpc) is 3.31. The van der Waals surface area contributed by atoms with Gasteiger partial charge in [-0.25, -0.2) is 0 Å². The highest BCUT2D eigenvalue weighted by molar-refractivity contribution is 5.78. The summed E-state index contributed by atoms with van der Waals surface area (Å²) in [6.45, 7) is 7.08. The van der Waals surface area contributed by atoms with Crippen LogP contribution in [0.25, 0.3) is 0 Å². The van der Waals surface area contributed by atoms with Crippen molar-refractivity contribution in [3.8, 4) is 0 Å². The van der Waals surface area contributed by atoms with E-state index in [2.05, 4.69) is 43.5 Å². The lowest BCUT2D eigenvalue weighted by molar-refractivity contribution is -0.160. The van der Waals surface area contributed by atoms with Crippen LogP contribution in [0.15, 0.2) is 24.3 Å². The monoisotopic (exact) mass is 1010 g/mol. The molecular weight excluding hydrogens is 909 g/mol. The van der Waals surface area contributed by atoms with Crippen molar-refractivity contribution < 1.29 is 53.6 Å². The van der Waals surface area contributed by atoms with Gasteiger partial charge in [0, 0.05) is 84.8 Å². The van der Waals surface area contributed by atoms with Crippen molar-refractivity contribution >= 4 is 35.8 Å². The summed E-state index contributed by atoms with van der Waals surface area (Å²) in [7, 11) is 1.85. The third-order valence-electron chi connectivity index (χ3n) is 12.7. The van der Waals surface area contributed by atoms with Gasteiger partial charge < -0.3 is 35.0 Å². The molecule has 0 aromatic heterocycles. The van der Waals surface area contributed by atoms with Gasteiger partial charge in [-0.2, -0.15) is 0 Å². The first-order chi connectivity index (χ1) is 34.3. The Hall–Kier alpha value is -3.90. The second-order valence-electron chi connectivity index (χ2n) is 19.4. The number of nitrogens with zero attached hydrogens (tertiary/aromatic N) is 5. The molecule has 0 bridgehead atoms. The number of carbonyl (C=O) groups is 6. The van der Waals surface area contributed by atoms with Gasteiger partial charge in [-0.3, -0.25) is 48.4 Å². The van der Waals surface area contributed by atoms with E-state index >= 15 is 0 Å². The molecule has 1 aliphatic heterocycles. The lowest BCUT2D eigenvalue weighted by Gasteiger charge is -2.32. The Morgan fingerprint density at radius 1 is 0.507 bits per heavy atom. The van der Waals surface area contributed by atoms with Crippen molar-refractivity contribution in [3.05, 3.63) is 24.3 Å². The number of ether oxygens (including phenoxy) is 2. The van der Waals surface area contributed by atoms with Crippen LogP contribution in [0.3, 0.4) is 0 Å². The SMILES string of the molecule is CCCCCC/C=C/CCCCCCCC(=O)OCC(CN(C)CCNC(=O)CN1CCN(CC(=O)O)CCN(CC(=O)O)CCN(CC(=O)O)CC1)OC(=O)CCCCCCC/C=C/CCCCCC. The van der Waals surface area contributed by atoms with Crippen molar-refractivity contribution in [2.75, 3.05) is 112 Å². The van der Waals surface area contributed by atoms with E-state index in [0.717, 1.165) is 89.9 Å². The summed E-state index contributed by atoms with van der Waals surface area (Å²) in [5.74, 6) is -3.95. The Morgan fingerprint density at radius 3 is 1.25 bits per heavy atom. The number of unbranched alkanes of at least 4 members (excludes halogenated alkanes) is 18. The van der Waals surface area contributed by atoms with E-state index in [-0.39, 0.29) is 83.4 Å². The van der Waals surface area contributed by atoms with Gasteiger partial charge in [-0.15, -0.1) is 0 Å². The Kier molecular flexibility index (Phi) is 41.1. The first-order valence-corrected chi connectivity index (χ1v) is 27.5. The summed E-state index contributed by atoms with van der Waals surface area (Å²) in [6, 6.07) is 0. The van der Waals surface area contributed by atoms with Gasteiger partial charge in [0.1, 0.15) is 12.7 Å². The molecular formula is C54H98N6O11. The number of rotatable bonds is 42. The van der Waals surface area contributed by atoms with E-state index in [1.54, 1.807) is 14.7 Å². The first kappa shape index (κ1) is 65.1. The van der Waals surface area contributed by atoms with Crippen molar-refractivity contribution in [2.45, 2.75) is 174 Å². The second-order valence-corrected chi connectivity index (χ2v) is 19.4. The highest BCUT2D eigenvalue weighted by atomic mass is 16.6. The first-order valence-electron chi connectivity index (χ1n) is 27.5. The molecule has 0 saturated carbocycles. The van der Waals surface area contributed by atoms with Crippen LogP contribution >= 0.6 is 0 Å². The number of likely N-dealkylation sites (N-methyl/N-ethyl adjacent to an activating group) is 1. The number of hydrogen-bond acceptors (Lipinski definition) is 13. The van der Waals surface area contributed by atoms with Gasteiger partial charge in [0.15, 0.2) is 0 Å². The minimum absolute atomic E-state index is 0.000292. The minimum Gasteiger partial charge on any atom is -0.480 e. The predicted molar refractivity (Wildman–Crippen MR) is 280 cm³/mol. The zero-order valence-electron chi connectivity index (χ0n) is 44.5. The Morgan fingerprint density at radius 2 is 0.859 bits per heavy atom. The summed E-state index contributed by atoms with van der Waals surface area (Å²) in [5.41, 5.74) is 0. The van der Waals surface area contributed by atoms with Crippen LogP contribution < -0.4 is 5.32 Å². The fourth-order valence-electron chi connectivity index (χ4n) is 8.47. The molecule has 0 spiro atoms. The van der Waals surface area contributed by atoms with Crippen LogP contribution in [0.1, 0.15) is 168 Å². The van der Waals surface area contributed by atoms with Crippen LogP contribution in [0.5, 0.6) is 0 Å². The number of carbonyl (C=O) groups excluding carboxylic acids is 3. The van der Waals surface area contributed by atoms with Gasteiger partial charge in [-0.05, 0) is 71.3 Å². The normalized spacial score (nSPS) is 15.4. The fourth-order valence-corrected chi connectivity index (χ4v) is 8.47. The molecule has 17 nitrogen and oxygen atoms in total. The fraction of sp³-hybridized carbons (Fsp3) is 0.815. The smallest absolute Gasteiger partial charge is 0.317 e. The summed E-state index contributed by atoms with van der Waals surface area (Å²) in [5, 5.41) is 31.5. The molecule has 1 saturated heterocycles. The summed E-state index contributed by atoms with van der Waals surface area (Å²) in [6.07, 6.45) is 33.9. The Labute approximate surface area is 428 Å². The van der Waals surface area contributed by atoms with E-state index in [1.165, 1.54) is 51.4 Å². The molecule has 1 atom stereocenters. The van der Waals surface area contributed by atoms with Gasteiger partial charge in [0.2, 0.25) is 5.91 Å². The van der Waals surface area contributed by atoms with Crippen molar-refractivity contribution in [3.63, 3.8) is 0 Å². The molecule has 1 amide bonds. The van der Waals surface area contributed by atoms with Crippen LogP contribution in [-0.4, -0.2) is 194 Å². The van der Waals surface area contributed by atoms with E-state index < -0.39 is 24.0 Å². The zero-order chi connectivity index (χ0) is 52.2. The standard InChI is InChI=1S/C54H98N6O11/c1-4-6-8-10-12-14-16-18-20-22-24-26-28-30-53(68)70-47-48(71-54(69)31-29-27-25-23-21-19-17-15-13-11-9-7-5-2)42-56(3)33-32-55-49(61)43-57-34-36-58(44-50(62)63)38-40-60(46-52(66)67)41-39-59(37-35-57)45-51(64)65/h14-17,48H,4-13,18-47H2,1-3H3,(H,55,61)(H,62,63)(H,64,65)(H,66,67)/b16-14+,17-15+. The summed E-state index contributed by atoms with van der Waals surface area (Å²) < 4.78 is 11.6. The molecule has 4 N–H and O–H groups in total. The third-order valence-corrected chi connectivity index (χ3v) is 12.7. The lowest BCUT2D eigenvalue weighted by atomic mass is 10.1. The maximum atomic E-state index is 13.3. The van der Waals surface area contributed by atoms with E-state index in [4.69, 9.17) is 9.47 Å². The van der Waals surface area contributed by atoms with Gasteiger partial charge in [-0.1, -0.05) is 115 Å². The maximum absolute atomic E-state index is 13.3. The van der Waals surface area contributed by atoms with Crippen molar-refractivity contribution in [1.29, 1.82) is 0 Å². The largest absolute Gasteiger partial charge is 0.480 e. The molecule has 71 heavy (non-hydrogen) atoms. The van der Waals surface area contributed by atoms with Gasteiger partial charge >= 0.3 is 29.8 Å². The number of hydrogen-bond donors (Lipinski definition) is 4. The molecule has 0 aromatic rings. The highest BCUT2D eigenvalue weighted by Gasteiger charge is 2.23. The minimum atomic E-state index is -1.03. The van der Waals surface area contributed by atoms with Crippen LogP contribution in [0, 0.1) is 0 Å². The molecule has 410 valence electrons. The number of carboxylic acids is 3. The zero-order valence-corrected chi connectivity index (χ0v) is 44.5. The van der Waals surface area contributed by atoms with E-state index in [0.29, 0.717) is 52.1 Å². The quantitative estimate of drug-likeness (QED) is 0.0265. The number of carboxylic acid groups (broad SMARTS) is 3. The summed E-state index contributed by atoms with van der Waals surface area (Å²) >= 11 is 0. The van der Waals surface area contributed by atoms with Crippen molar-refractivity contribution in [1.82, 2.24) is 29.8 Å². The number of nitrogens with one attached hydrogen (secondary N) is 1. The van der Waals surface area contributed by atoms with Crippen molar-refractivity contribution in [2.24, 2.45) is 0 Å². The molecule has 0 aliphatic carbocycles. The lowest BCUT2D eigenvalue weighted by Crippen LogP contribution is -2.50. The number of esters is 2. The van der Waals surface area contributed by atoms with Crippen LogP contribution in [0.2, 0.25) is 0 Å². The Balaban J connectivity index is 2.73. The average molecular weight is 1010 g/mol. The second kappa shape index (κ2) is 44.8. The van der Waals surface area contributed by atoms with Gasteiger partial charge in [0.25, 0.3) is 0 Å². The topological polar surface area (TPSA) is 210 Å². The molecule has 1 aliphatic rings. The molecule has 1 fully saturated rings. The highest BCUT2D eigenvalue weighted by Crippen LogP contribution is 2.13. The molecule has 0 radical (unpaired) electrons. The predicted octanol–water partition coefficient (Wildman–Crippen LogP) is 7.48. The molecule has 0 aromatic carbocycles. The summed E-state index contributed by atoms with van der Waals surface area (Å²) in [4.78, 5) is 82.9. The van der Waals surface area contributed by atoms with E-state index in [1.807, 2.05) is 16.8 Å². The molecule has 1 heterocycles. The number of allylic oxidation sites excluding steroid dienone is 4. The third kappa shape index (κ3) is 41.3. The van der Waals surface area contributed by atoms with E-state index in [9.17, 15) is 44.1 Å². The van der Waals surface area contributed by atoms with Crippen LogP contribution in [0.4, 0.5) is 0 Å². The molecule has 17 heteroatoms. The number of aliphatic carboxylic acids is 3. The Bertz CT molecular complexity index is 1450. The molecule has 1 unspecified atom stereocenters. The number of amides is 1. The van der Waals surface area contributed by atoms with Crippen LogP contribution in [-0.2, 0) is 38.2 Å².